The lowest BCUT2D eigenvalue weighted by atomic mass is 9.79. The Morgan fingerprint density at radius 2 is 2.12 bits per heavy atom. The van der Waals surface area contributed by atoms with E-state index in [1.165, 1.54) is 19.3 Å². The van der Waals surface area contributed by atoms with Crippen LogP contribution in [0, 0.1) is 18.8 Å². The Hall–Kier alpha value is -0.900. The Labute approximate surface area is 96.8 Å². The van der Waals surface area contributed by atoms with Crippen LogP contribution in [0.3, 0.4) is 0 Å². The molecule has 1 aromatic heterocycles. The lowest BCUT2D eigenvalue weighted by Crippen LogP contribution is -2.35. The molecule has 0 aliphatic heterocycles. The Balaban J connectivity index is 1.78. The molecule has 0 saturated heterocycles. The summed E-state index contributed by atoms with van der Waals surface area (Å²) < 4.78 is 5.08. The zero-order valence-corrected chi connectivity index (χ0v) is 10.4. The van der Waals surface area contributed by atoms with Gasteiger partial charge in [0.05, 0.1) is 6.54 Å². The molecule has 0 radical (unpaired) electrons. The van der Waals surface area contributed by atoms with Gasteiger partial charge in [-0.2, -0.15) is 4.98 Å². The van der Waals surface area contributed by atoms with Gasteiger partial charge in [0, 0.05) is 6.04 Å². The molecule has 1 aliphatic rings. The molecule has 0 spiro atoms. The largest absolute Gasteiger partial charge is 0.338 e. The first-order valence-corrected chi connectivity index (χ1v) is 6.17. The third-order valence-electron chi connectivity index (χ3n) is 3.71. The summed E-state index contributed by atoms with van der Waals surface area (Å²) >= 11 is 0. The average Bonchev–Trinajstić information content (AvgIpc) is 2.66. The third-order valence-corrected chi connectivity index (χ3v) is 3.71. The van der Waals surface area contributed by atoms with Crippen LogP contribution in [0.15, 0.2) is 4.52 Å². The van der Waals surface area contributed by atoms with Gasteiger partial charge in [0.2, 0.25) is 5.89 Å². The van der Waals surface area contributed by atoms with Crippen LogP contribution in [0.25, 0.3) is 0 Å². The van der Waals surface area contributed by atoms with Crippen molar-refractivity contribution in [2.24, 2.45) is 11.8 Å². The van der Waals surface area contributed by atoms with E-state index in [-0.39, 0.29) is 0 Å². The molecular formula is C12H21N3O. The minimum absolute atomic E-state index is 0.610. The summed E-state index contributed by atoms with van der Waals surface area (Å²) in [6.45, 7) is 7.24. The van der Waals surface area contributed by atoms with Crippen molar-refractivity contribution in [1.82, 2.24) is 15.5 Å². The predicted molar refractivity (Wildman–Crippen MR) is 61.8 cm³/mol. The Morgan fingerprint density at radius 1 is 1.31 bits per heavy atom. The molecule has 2 rings (SSSR count). The molecule has 3 atom stereocenters. The summed E-state index contributed by atoms with van der Waals surface area (Å²) in [5.41, 5.74) is 0. The van der Waals surface area contributed by atoms with Gasteiger partial charge in [0.15, 0.2) is 5.82 Å². The zero-order chi connectivity index (χ0) is 11.5. The van der Waals surface area contributed by atoms with Crippen LogP contribution in [-0.4, -0.2) is 16.2 Å². The fourth-order valence-electron chi connectivity index (χ4n) is 2.38. The molecule has 1 aromatic rings. The van der Waals surface area contributed by atoms with Crippen molar-refractivity contribution in [2.75, 3.05) is 0 Å². The van der Waals surface area contributed by atoms with Gasteiger partial charge in [-0.3, -0.25) is 0 Å². The highest BCUT2D eigenvalue weighted by molar-refractivity contribution is 4.85. The minimum Gasteiger partial charge on any atom is -0.338 e. The molecule has 90 valence electrons. The molecule has 1 heterocycles. The lowest BCUT2D eigenvalue weighted by Gasteiger charge is -2.32. The Kier molecular flexibility index (Phi) is 3.59. The van der Waals surface area contributed by atoms with E-state index in [9.17, 15) is 0 Å². The van der Waals surface area contributed by atoms with Gasteiger partial charge in [0.25, 0.3) is 0 Å². The summed E-state index contributed by atoms with van der Waals surface area (Å²) in [4.78, 5) is 4.19. The standard InChI is InChI=1S/C12H21N3O/c1-8-4-5-11(6-9(8)2)13-7-12-14-10(3)15-16-12/h8-9,11,13H,4-7H2,1-3H3. The van der Waals surface area contributed by atoms with E-state index in [1.807, 2.05) is 6.92 Å². The van der Waals surface area contributed by atoms with Gasteiger partial charge in [-0.15, -0.1) is 0 Å². The van der Waals surface area contributed by atoms with E-state index in [0.29, 0.717) is 24.3 Å². The lowest BCUT2D eigenvalue weighted by molar-refractivity contribution is 0.220. The number of rotatable bonds is 3. The SMILES string of the molecule is Cc1noc(CNC2CCC(C)C(C)C2)n1. The van der Waals surface area contributed by atoms with Gasteiger partial charge in [-0.25, -0.2) is 0 Å². The number of hydrogen-bond acceptors (Lipinski definition) is 4. The highest BCUT2D eigenvalue weighted by Gasteiger charge is 2.24. The first kappa shape index (κ1) is 11.6. The van der Waals surface area contributed by atoms with E-state index in [0.717, 1.165) is 11.8 Å². The highest BCUT2D eigenvalue weighted by Crippen LogP contribution is 2.29. The van der Waals surface area contributed by atoms with Gasteiger partial charge in [0.1, 0.15) is 0 Å². The monoisotopic (exact) mass is 223 g/mol. The fraction of sp³-hybridized carbons (Fsp3) is 0.833. The molecule has 1 saturated carbocycles. The fourth-order valence-corrected chi connectivity index (χ4v) is 2.38. The highest BCUT2D eigenvalue weighted by atomic mass is 16.5. The van der Waals surface area contributed by atoms with Crippen LogP contribution in [0.4, 0.5) is 0 Å². The first-order chi connectivity index (χ1) is 7.65. The van der Waals surface area contributed by atoms with E-state index in [1.54, 1.807) is 0 Å². The number of aromatic nitrogens is 2. The Morgan fingerprint density at radius 3 is 2.75 bits per heavy atom. The summed E-state index contributed by atoms with van der Waals surface area (Å²) in [7, 11) is 0. The maximum absolute atomic E-state index is 5.08. The first-order valence-electron chi connectivity index (χ1n) is 6.17. The second-order valence-electron chi connectivity index (χ2n) is 5.08. The van der Waals surface area contributed by atoms with Crippen molar-refractivity contribution in [3.63, 3.8) is 0 Å². The molecule has 4 nitrogen and oxygen atoms in total. The van der Waals surface area contributed by atoms with Crippen molar-refractivity contribution in [1.29, 1.82) is 0 Å². The van der Waals surface area contributed by atoms with Crippen molar-refractivity contribution in [2.45, 2.75) is 52.6 Å². The smallest absolute Gasteiger partial charge is 0.240 e. The molecule has 4 heteroatoms. The van der Waals surface area contributed by atoms with Crippen molar-refractivity contribution >= 4 is 0 Å². The van der Waals surface area contributed by atoms with E-state index in [4.69, 9.17) is 4.52 Å². The summed E-state index contributed by atoms with van der Waals surface area (Å²) in [5.74, 6) is 3.09. The Bertz CT molecular complexity index is 337. The number of nitrogens with one attached hydrogen (secondary N) is 1. The molecule has 1 fully saturated rings. The molecular weight excluding hydrogens is 202 g/mol. The molecule has 3 unspecified atom stereocenters. The molecule has 0 bridgehead atoms. The predicted octanol–water partition coefficient (Wildman–Crippen LogP) is 2.29. The van der Waals surface area contributed by atoms with Crippen molar-refractivity contribution < 1.29 is 4.52 Å². The van der Waals surface area contributed by atoms with Crippen LogP contribution in [0.1, 0.15) is 44.8 Å². The molecule has 0 aromatic carbocycles. The number of aryl methyl sites for hydroxylation is 1. The summed E-state index contributed by atoms with van der Waals surface area (Å²) in [6, 6.07) is 0.610. The van der Waals surface area contributed by atoms with Crippen molar-refractivity contribution in [3.8, 4) is 0 Å². The van der Waals surface area contributed by atoms with Gasteiger partial charge >= 0.3 is 0 Å². The minimum atomic E-state index is 0.610. The van der Waals surface area contributed by atoms with E-state index >= 15 is 0 Å². The van der Waals surface area contributed by atoms with Gasteiger partial charge in [-0.05, 0) is 38.0 Å². The maximum atomic E-state index is 5.08. The van der Waals surface area contributed by atoms with Crippen LogP contribution >= 0.6 is 0 Å². The maximum Gasteiger partial charge on any atom is 0.240 e. The van der Waals surface area contributed by atoms with Gasteiger partial charge < -0.3 is 9.84 Å². The quantitative estimate of drug-likeness (QED) is 0.854. The number of hydrogen-bond donors (Lipinski definition) is 1. The van der Waals surface area contributed by atoms with Gasteiger partial charge in [-0.1, -0.05) is 19.0 Å². The average molecular weight is 223 g/mol. The van der Waals surface area contributed by atoms with E-state index < -0.39 is 0 Å². The summed E-state index contributed by atoms with van der Waals surface area (Å²) in [5, 5.41) is 7.29. The zero-order valence-electron chi connectivity index (χ0n) is 10.4. The molecule has 16 heavy (non-hydrogen) atoms. The molecule has 1 N–H and O–H groups in total. The molecule has 0 amide bonds. The number of nitrogens with zero attached hydrogens (tertiary/aromatic N) is 2. The molecule has 1 aliphatic carbocycles. The van der Waals surface area contributed by atoms with Crippen LogP contribution in [0.5, 0.6) is 0 Å². The second kappa shape index (κ2) is 4.95. The summed E-state index contributed by atoms with van der Waals surface area (Å²) in [6.07, 6.45) is 3.84. The van der Waals surface area contributed by atoms with Crippen LogP contribution < -0.4 is 5.32 Å². The normalized spacial score (nSPS) is 30.6. The van der Waals surface area contributed by atoms with Crippen LogP contribution in [-0.2, 0) is 6.54 Å². The van der Waals surface area contributed by atoms with E-state index in [2.05, 4.69) is 29.3 Å². The van der Waals surface area contributed by atoms with Crippen LogP contribution in [0.2, 0.25) is 0 Å². The topological polar surface area (TPSA) is 51.0 Å². The third kappa shape index (κ3) is 2.82. The van der Waals surface area contributed by atoms with Crippen molar-refractivity contribution in [3.05, 3.63) is 11.7 Å². The second-order valence-corrected chi connectivity index (χ2v) is 5.08.